The first-order valence-electron chi connectivity index (χ1n) is 8.90. The monoisotopic (exact) mass is 444 g/mol. The molecule has 7 nitrogen and oxygen atoms in total. The highest BCUT2D eigenvalue weighted by molar-refractivity contribution is 7.91. The molecule has 2 aromatic carbocycles. The smallest absolute Gasteiger partial charge is 0.340 e. The molecule has 1 amide bonds. The second-order valence-corrected chi connectivity index (χ2v) is 9.46. The van der Waals surface area contributed by atoms with Crippen LogP contribution < -0.4 is 10.5 Å². The number of nitrogens with two attached hydrogens (primary N) is 1. The van der Waals surface area contributed by atoms with Gasteiger partial charge in [0.2, 0.25) is 16.1 Å². The van der Waals surface area contributed by atoms with Crippen LogP contribution in [0.3, 0.4) is 0 Å². The van der Waals surface area contributed by atoms with Crippen molar-refractivity contribution < 1.29 is 22.7 Å². The van der Waals surface area contributed by atoms with Gasteiger partial charge in [-0.1, -0.05) is 36.4 Å². The first kappa shape index (κ1) is 21.7. The number of thiophene rings is 1. The molecule has 3 rings (SSSR count). The molecule has 0 radical (unpaired) electrons. The van der Waals surface area contributed by atoms with Crippen molar-refractivity contribution in [1.82, 2.24) is 0 Å². The summed E-state index contributed by atoms with van der Waals surface area (Å²) < 4.78 is 28.2. The summed E-state index contributed by atoms with van der Waals surface area (Å²) in [6, 6.07) is 15.3. The van der Waals surface area contributed by atoms with Crippen LogP contribution in [0, 0.1) is 13.8 Å². The quantitative estimate of drug-likeness (QED) is 0.564. The van der Waals surface area contributed by atoms with Crippen molar-refractivity contribution in [2.24, 2.45) is 5.14 Å². The number of hydrogen-bond donors (Lipinski definition) is 2. The minimum absolute atomic E-state index is 0.00385. The van der Waals surface area contributed by atoms with Crippen LogP contribution in [0.15, 0.2) is 64.2 Å². The molecule has 1 aromatic heterocycles. The summed E-state index contributed by atoms with van der Waals surface area (Å²) in [6.45, 7) is 3.83. The van der Waals surface area contributed by atoms with Crippen molar-refractivity contribution in [3.63, 3.8) is 0 Å². The number of carbonyl (C=O) groups is 2. The number of hydrogen-bond acceptors (Lipinski definition) is 6. The Balaban J connectivity index is 1.86. The summed E-state index contributed by atoms with van der Waals surface area (Å²) in [5.74, 6) is -1.35. The zero-order chi connectivity index (χ0) is 21.9. The van der Waals surface area contributed by atoms with Crippen LogP contribution in [0.2, 0.25) is 0 Å². The van der Waals surface area contributed by atoms with Gasteiger partial charge in [0, 0.05) is 16.6 Å². The van der Waals surface area contributed by atoms with Gasteiger partial charge in [-0.2, -0.15) is 0 Å². The van der Waals surface area contributed by atoms with E-state index in [2.05, 4.69) is 5.32 Å². The average Bonchev–Trinajstić information content (AvgIpc) is 3.16. The third-order valence-electron chi connectivity index (χ3n) is 4.15. The van der Waals surface area contributed by atoms with Gasteiger partial charge in [-0.05, 0) is 43.2 Å². The molecule has 1 heterocycles. The van der Waals surface area contributed by atoms with Crippen LogP contribution >= 0.6 is 11.3 Å². The third kappa shape index (κ3) is 5.32. The van der Waals surface area contributed by atoms with Crippen LogP contribution in [0.4, 0.5) is 5.69 Å². The van der Waals surface area contributed by atoms with E-state index in [9.17, 15) is 18.0 Å². The van der Waals surface area contributed by atoms with Gasteiger partial charge in [-0.15, -0.1) is 11.3 Å². The maximum atomic E-state index is 13.0. The molecule has 0 saturated carbocycles. The maximum Gasteiger partial charge on any atom is 0.340 e. The lowest BCUT2D eigenvalue weighted by molar-refractivity contribution is -0.125. The number of anilines is 1. The van der Waals surface area contributed by atoms with E-state index in [1.165, 1.54) is 5.38 Å². The molecule has 0 saturated heterocycles. The van der Waals surface area contributed by atoms with Crippen molar-refractivity contribution in [1.29, 1.82) is 0 Å². The summed E-state index contributed by atoms with van der Waals surface area (Å²) in [6.07, 6.45) is -1.22. The minimum Gasteiger partial charge on any atom is -0.444 e. The lowest BCUT2D eigenvalue weighted by atomic mass is 10.1. The Morgan fingerprint density at radius 3 is 2.23 bits per heavy atom. The van der Waals surface area contributed by atoms with Crippen molar-refractivity contribution in [3.05, 3.63) is 82.2 Å². The Morgan fingerprint density at radius 1 is 1.03 bits per heavy atom. The summed E-state index contributed by atoms with van der Waals surface area (Å²) >= 11 is 0.808. The van der Waals surface area contributed by atoms with Crippen molar-refractivity contribution in [2.75, 3.05) is 5.32 Å². The van der Waals surface area contributed by atoms with Crippen LogP contribution in [-0.4, -0.2) is 20.3 Å². The first-order valence-corrected chi connectivity index (χ1v) is 11.3. The van der Waals surface area contributed by atoms with Gasteiger partial charge < -0.3 is 10.1 Å². The van der Waals surface area contributed by atoms with Gasteiger partial charge in [0.15, 0.2) is 0 Å². The Morgan fingerprint density at radius 2 is 1.67 bits per heavy atom. The largest absolute Gasteiger partial charge is 0.444 e. The van der Waals surface area contributed by atoms with E-state index in [0.717, 1.165) is 28.5 Å². The fraction of sp³-hybridized carbons (Fsp3) is 0.143. The molecule has 156 valence electrons. The van der Waals surface area contributed by atoms with Crippen LogP contribution in [-0.2, 0) is 19.6 Å². The van der Waals surface area contributed by atoms with E-state index < -0.39 is 28.0 Å². The van der Waals surface area contributed by atoms with Gasteiger partial charge in [0.1, 0.15) is 4.21 Å². The van der Waals surface area contributed by atoms with Crippen LogP contribution in [0.1, 0.15) is 33.2 Å². The van der Waals surface area contributed by atoms with Gasteiger partial charge in [0.25, 0.3) is 5.91 Å². The Kier molecular flexibility index (Phi) is 6.35. The molecule has 0 aliphatic heterocycles. The van der Waals surface area contributed by atoms with E-state index in [-0.39, 0.29) is 9.77 Å². The van der Waals surface area contributed by atoms with E-state index in [1.54, 1.807) is 30.3 Å². The third-order valence-corrected chi connectivity index (χ3v) is 6.53. The number of ether oxygens (including phenoxy) is 1. The molecular formula is C21H20N2O5S2. The zero-order valence-corrected chi connectivity index (χ0v) is 17.9. The fourth-order valence-corrected chi connectivity index (χ4v) is 4.48. The van der Waals surface area contributed by atoms with E-state index in [4.69, 9.17) is 9.88 Å². The molecule has 0 aliphatic rings. The molecule has 0 spiro atoms. The van der Waals surface area contributed by atoms with E-state index in [1.807, 2.05) is 32.0 Å². The predicted molar refractivity (Wildman–Crippen MR) is 115 cm³/mol. The van der Waals surface area contributed by atoms with Crippen molar-refractivity contribution in [3.8, 4) is 0 Å². The molecular weight excluding hydrogens is 424 g/mol. The number of benzene rings is 2. The molecule has 1 unspecified atom stereocenters. The minimum atomic E-state index is -3.93. The number of rotatable bonds is 6. The topological polar surface area (TPSA) is 116 Å². The second-order valence-electron chi connectivity index (χ2n) is 6.76. The first-order chi connectivity index (χ1) is 14.1. The Labute approximate surface area is 178 Å². The Hall–Kier alpha value is -3.01. The lowest BCUT2D eigenvalue weighted by Crippen LogP contribution is -2.26. The van der Waals surface area contributed by atoms with Crippen LogP contribution in [0.5, 0.6) is 0 Å². The fourth-order valence-electron chi connectivity index (χ4n) is 2.90. The molecule has 0 aliphatic carbocycles. The van der Waals surface area contributed by atoms with Gasteiger partial charge in [-0.25, -0.2) is 18.4 Å². The number of primary sulfonamides is 1. The predicted octanol–water partition coefficient (Wildman–Crippen LogP) is 3.55. The van der Waals surface area contributed by atoms with E-state index >= 15 is 0 Å². The molecule has 9 heteroatoms. The standard InChI is InChI=1S/C21H20N2O5S2/c1-13-8-14(2)10-17(9-13)23-20(24)19(15-6-4-3-5-7-15)28-21(25)16-11-18(29-12-16)30(22,26)27/h3-12,19H,1-2H3,(H,23,24)(H2,22,26,27). The molecule has 30 heavy (non-hydrogen) atoms. The Bertz CT molecular complexity index is 1170. The number of carbonyl (C=O) groups excluding carboxylic acids is 2. The van der Waals surface area contributed by atoms with Crippen molar-refractivity contribution in [2.45, 2.75) is 24.2 Å². The summed E-state index contributed by atoms with van der Waals surface area (Å²) in [7, 11) is -3.93. The molecule has 0 fully saturated rings. The maximum absolute atomic E-state index is 13.0. The molecule has 3 aromatic rings. The normalized spacial score (nSPS) is 12.2. The highest BCUT2D eigenvalue weighted by atomic mass is 32.2. The summed E-state index contributed by atoms with van der Waals surface area (Å²) in [5, 5.41) is 9.19. The van der Waals surface area contributed by atoms with Crippen molar-refractivity contribution >= 4 is 38.9 Å². The molecule has 3 N–H and O–H groups in total. The van der Waals surface area contributed by atoms with Gasteiger partial charge in [0.05, 0.1) is 5.56 Å². The zero-order valence-electron chi connectivity index (χ0n) is 16.3. The van der Waals surface area contributed by atoms with Gasteiger partial charge in [-0.3, -0.25) is 4.79 Å². The van der Waals surface area contributed by atoms with E-state index in [0.29, 0.717) is 11.3 Å². The average molecular weight is 445 g/mol. The summed E-state index contributed by atoms with van der Waals surface area (Å²) in [4.78, 5) is 25.6. The highest BCUT2D eigenvalue weighted by Gasteiger charge is 2.27. The number of nitrogens with one attached hydrogen (secondary N) is 1. The number of esters is 1. The van der Waals surface area contributed by atoms with Crippen LogP contribution in [0.25, 0.3) is 0 Å². The molecule has 0 bridgehead atoms. The van der Waals surface area contributed by atoms with Gasteiger partial charge >= 0.3 is 5.97 Å². The number of sulfonamides is 1. The highest BCUT2D eigenvalue weighted by Crippen LogP contribution is 2.25. The summed E-state index contributed by atoms with van der Waals surface area (Å²) in [5.41, 5.74) is 3.03. The molecule has 1 atom stereocenters. The number of aryl methyl sites for hydroxylation is 2. The second kappa shape index (κ2) is 8.78. The lowest BCUT2D eigenvalue weighted by Gasteiger charge is -2.18. The SMILES string of the molecule is Cc1cc(C)cc(NC(=O)C(OC(=O)c2csc(S(N)(=O)=O)c2)c2ccccc2)c1. The number of amides is 1.